The maximum absolute atomic E-state index is 12.2. The lowest BCUT2D eigenvalue weighted by Crippen LogP contribution is -2.05. The SMILES string of the molecule is CCOc1c(Cl)cc(/C=C2\N=C(c3ccc(Cl)cc3Cl)OC2=O)cc1OC. The van der Waals surface area contributed by atoms with Gasteiger partial charge < -0.3 is 14.2 Å². The Hall–Kier alpha value is -2.21. The number of hydrogen-bond donors (Lipinski definition) is 0. The number of halogens is 3. The van der Waals surface area contributed by atoms with Crippen molar-refractivity contribution in [2.24, 2.45) is 4.99 Å². The molecule has 140 valence electrons. The lowest BCUT2D eigenvalue weighted by molar-refractivity contribution is -0.129. The fraction of sp³-hybridized carbons (Fsp3) is 0.158. The number of nitrogens with zero attached hydrogens (tertiary/aromatic N) is 1. The zero-order chi connectivity index (χ0) is 19.6. The largest absolute Gasteiger partial charge is 0.493 e. The summed E-state index contributed by atoms with van der Waals surface area (Å²) in [6.45, 7) is 2.29. The molecule has 2 aromatic rings. The second kappa shape index (κ2) is 8.21. The average Bonchev–Trinajstić information content (AvgIpc) is 2.97. The number of aliphatic imine (C=N–C) groups is 1. The highest BCUT2D eigenvalue weighted by Gasteiger charge is 2.26. The minimum absolute atomic E-state index is 0.108. The first kappa shape index (κ1) is 19.5. The Morgan fingerprint density at radius 3 is 2.59 bits per heavy atom. The minimum Gasteiger partial charge on any atom is -0.493 e. The molecule has 0 fully saturated rings. The first-order valence-electron chi connectivity index (χ1n) is 7.91. The molecule has 3 rings (SSSR count). The van der Waals surface area contributed by atoms with Gasteiger partial charge in [-0.25, -0.2) is 9.79 Å². The van der Waals surface area contributed by atoms with Crippen molar-refractivity contribution in [1.82, 2.24) is 0 Å². The third-order valence-electron chi connectivity index (χ3n) is 3.63. The van der Waals surface area contributed by atoms with Crippen LogP contribution < -0.4 is 9.47 Å². The van der Waals surface area contributed by atoms with Crippen molar-refractivity contribution in [2.45, 2.75) is 6.92 Å². The Balaban J connectivity index is 1.98. The molecule has 1 heterocycles. The highest BCUT2D eigenvalue weighted by Crippen LogP contribution is 2.37. The molecule has 0 radical (unpaired) electrons. The lowest BCUT2D eigenvalue weighted by Gasteiger charge is -2.11. The maximum Gasteiger partial charge on any atom is 0.363 e. The second-order valence-electron chi connectivity index (χ2n) is 5.43. The molecule has 5 nitrogen and oxygen atoms in total. The topological polar surface area (TPSA) is 57.1 Å². The molecule has 0 N–H and O–H groups in total. The zero-order valence-corrected chi connectivity index (χ0v) is 16.7. The highest BCUT2D eigenvalue weighted by molar-refractivity contribution is 6.37. The van der Waals surface area contributed by atoms with Crippen molar-refractivity contribution >= 4 is 52.7 Å². The van der Waals surface area contributed by atoms with Gasteiger partial charge in [0.25, 0.3) is 0 Å². The van der Waals surface area contributed by atoms with E-state index in [4.69, 9.17) is 49.0 Å². The predicted octanol–water partition coefficient (Wildman–Crippen LogP) is 5.40. The molecular weight excluding hydrogens is 413 g/mol. The summed E-state index contributed by atoms with van der Waals surface area (Å²) in [7, 11) is 1.51. The number of rotatable bonds is 5. The number of carbonyl (C=O) groups is 1. The summed E-state index contributed by atoms with van der Waals surface area (Å²) in [5.41, 5.74) is 1.19. The summed E-state index contributed by atoms with van der Waals surface area (Å²) in [6, 6.07) is 8.17. The first-order chi connectivity index (χ1) is 12.9. The van der Waals surface area contributed by atoms with E-state index < -0.39 is 5.97 Å². The summed E-state index contributed by atoms with van der Waals surface area (Å²) in [4.78, 5) is 16.4. The van der Waals surface area contributed by atoms with E-state index >= 15 is 0 Å². The molecule has 27 heavy (non-hydrogen) atoms. The quantitative estimate of drug-likeness (QED) is 0.474. The van der Waals surface area contributed by atoms with Crippen LogP contribution in [0.25, 0.3) is 6.08 Å². The van der Waals surface area contributed by atoms with Crippen LogP contribution in [0.1, 0.15) is 18.1 Å². The van der Waals surface area contributed by atoms with Gasteiger partial charge in [0.1, 0.15) is 0 Å². The van der Waals surface area contributed by atoms with Gasteiger partial charge in [-0.2, -0.15) is 0 Å². The Morgan fingerprint density at radius 2 is 1.93 bits per heavy atom. The van der Waals surface area contributed by atoms with E-state index in [-0.39, 0.29) is 11.6 Å². The fourth-order valence-electron chi connectivity index (χ4n) is 2.45. The van der Waals surface area contributed by atoms with E-state index in [9.17, 15) is 4.79 Å². The standard InChI is InChI=1S/C19H14Cl3NO4/c1-3-26-17-14(22)6-10(8-16(17)25-2)7-15-19(24)27-18(23-15)12-5-4-11(20)9-13(12)21/h4-9H,3H2,1-2H3/b15-7-. The first-order valence-corrected chi connectivity index (χ1v) is 9.04. The normalized spacial score (nSPS) is 14.9. The molecule has 1 aliphatic rings. The molecule has 8 heteroatoms. The molecule has 0 unspecified atom stereocenters. The van der Waals surface area contributed by atoms with Crippen molar-refractivity contribution < 1.29 is 19.0 Å². The van der Waals surface area contributed by atoms with Crippen LogP contribution >= 0.6 is 34.8 Å². The van der Waals surface area contributed by atoms with Crippen molar-refractivity contribution in [3.63, 3.8) is 0 Å². The average molecular weight is 427 g/mol. The molecule has 0 saturated heterocycles. The number of hydrogen-bond acceptors (Lipinski definition) is 5. The second-order valence-corrected chi connectivity index (χ2v) is 6.68. The molecule has 0 atom stereocenters. The van der Waals surface area contributed by atoms with E-state index in [1.54, 1.807) is 36.4 Å². The molecule has 0 bridgehead atoms. The van der Waals surface area contributed by atoms with Crippen molar-refractivity contribution in [3.05, 3.63) is 62.2 Å². The van der Waals surface area contributed by atoms with Gasteiger partial charge in [0.05, 0.1) is 29.3 Å². The van der Waals surface area contributed by atoms with E-state index in [1.165, 1.54) is 7.11 Å². The van der Waals surface area contributed by atoms with E-state index in [1.807, 2.05) is 6.92 Å². The summed E-state index contributed by atoms with van der Waals surface area (Å²) >= 11 is 18.3. The van der Waals surface area contributed by atoms with Gasteiger partial charge in [-0.3, -0.25) is 0 Å². The number of methoxy groups -OCH3 is 1. The highest BCUT2D eigenvalue weighted by atomic mass is 35.5. The third kappa shape index (κ3) is 4.21. The van der Waals surface area contributed by atoms with Crippen LogP contribution in [0.15, 0.2) is 41.0 Å². The molecule has 0 saturated carbocycles. The molecule has 1 aliphatic heterocycles. The van der Waals surface area contributed by atoms with Crippen molar-refractivity contribution in [3.8, 4) is 11.5 Å². The predicted molar refractivity (Wildman–Crippen MR) is 106 cm³/mol. The van der Waals surface area contributed by atoms with Crippen LogP contribution in [-0.2, 0) is 9.53 Å². The van der Waals surface area contributed by atoms with Crippen LogP contribution in [0.2, 0.25) is 15.1 Å². The molecule has 2 aromatic carbocycles. The summed E-state index contributed by atoms with van der Waals surface area (Å²) in [6.07, 6.45) is 1.54. The number of carbonyl (C=O) groups excluding carboxylic acids is 1. The van der Waals surface area contributed by atoms with Gasteiger partial charge in [-0.15, -0.1) is 0 Å². The van der Waals surface area contributed by atoms with Gasteiger partial charge >= 0.3 is 5.97 Å². The molecule has 0 aromatic heterocycles. The van der Waals surface area contributed by atoms with Crippen LogP contribution in [0.4, 0.5) is 0 Å². The Kier molecular flexibility index (Phi) is 5.95. The van der Waals surface area contributed by atoms with E-state index in [0.717, 1.165) is 0 Å². The number of ether oxygens (including phenoxy) is 3. The van der Waals surface area contributed by atoms with Crippen LogP contribution in [-0.4, -0.2) is 25.6 Å². The summed E-state index contributed by atoms with van der Waals surface area (Å²) in [5.74, 6) is 0.402. The minimum atomic E-state index is -0.597. The van der Waals surface area contributed by atoms with Gasteiger partial charge in [0.15, 0.2) is 17.2 Å². The summed E-state index contributed by atoms with van der Waals surface area (Å²) < 4.78 is 16.0. The van der Waals surface area contributed by atoms with Crippen LogP contribution in [0, 0.1) is 0 Å². The molecule has 0 aliphatic carbocycles. The number of esters is 1. The Bertz CT molecular complexity index is 970. The van der Waals surface area contributed by atoms with Gasteiger partial charge in [-0.05, 0) is 48.9 Å². The monoisotopic (exact) mass is 425 g/mol. The molecular formula is C19H14Cl3NO4. The van der Waals surface area contributed by atoms with E-state index in [2.05, 4.69) is 4.99 Å². The summed E-state index contributed by atoms with van der Waals surface area (Å²) in [5, 5.41) is 1.17. The molecule has 0 amide bonds. The Morgan fingerprint density at radius 1 is 1.15 bits per heavy atom. The van der Waals surface area contributed by atoms with Crippen LogP contribution in [0.3, 0.4) is 0 Å². The van der Waals surface area contributed by atoms with Crippen molar-refractivity contribution in [2.75, 3.05) is 13.7 Å². The smallest absolute Gasteiger partial charge is 0.363 e. The number of cyclic esters (lactones) is 1. The van der Waals surface area contributed by atoms with Crippen LogP contribution in [0.5, 0.6) is 11.5 Å². The zero-order valence-electron chi connectivity index (χ0n) is 14.4. The molecule has 0 spiro atoms. The van der Waals surface area contributed by atoms with Gasteiger partial charge in [-0.1, -0.05) is 34.8 Å². The van der Waals surface area contributed by atoms with Crippen molar-refractivity contribution in [1.29, 1.82) is 0 Å². The number of benzene rings is 2. The van der Waals surface area contributed by atoms with Gasteiger partial charge in [0.2, 0.25) is 5.90 Å². The maximum atomic E-state index is 12.2. The van der Waals surface area contributed by atoms with E-state index in [0.29, 0.717) is 44.3 Å². The lowest BCUT2D eigenvalue weighted by atomic mass is 10.1. The Labute approximate surface area is 171 Å². The third-order valence-corrected chi connectivity index (χ3v) is 4.45. The van der Waals surface area contributed by atoms with Gasteiger partial charge in [0, 0.05) is 5.02 Å². The fourth-order valence-corrected chi connectivity index (χ4v) is 3.22.